The van der Waals surface area contributed by atoms with Gasteiger partial charge in [0.2, 0.25) is 0 Å². The summed E-state index contributed by atoms with van der Waals surface area (Å²) in [7, 11) is 0. The van der Waals surface area contributed by atoms with E-state index in [2.05, 4.69) is 36.1 Å². The van der Waals surface area contributed by atoms with Crippen LogP contribution in [0, 0.1) is 0 Å². The minimum Gasteiger partial charge on any atom is -0.504 e. The van der Waals surface area contributed by atoms with Crippen LogP contribution in [0.4, 0.5) is 5.69 Å². The van der Waals surface area contributed by atoms with Crippen molar-refractivity contribution in [1.82, 2.24) is 0 Å². The number of benzene rings is 2. The second-order valence-electron chi connectivity index (χ2n) is 5.54. The first-order valence-electron chi connectivity index (χ1n) is 7.48. The van der Waals surface area contributed by atoms with Crippen molar-refractivity contribution in [1.29, 1.82) is 0 Å². The van der Waals surface area contributed by atoms with Gasteiger partial charge < -0.3 is 14.7 Å². The highest BCUT2D eigenvalue weighted by Gasteiger charge is 2.25. The maximum atomic E-state index is 9.80. The van der Waals surface area contributed by atoms with E-state index in [-0.39, 0.29) is 5.75 Å². The highest BCUT2D eigenvalue weighted by molar-refractivity contribution is 5.59. The number of hydrogen-bond acceptors (Lipinski definition) is 3. The fourth-order valence-corrected chi connectivity index (χ4v) is 3.00. The monoisotopic (exact) mass is 283 g/mol. The molecule has 0 fully saturated rings. The Hall–Kier alpha value is -2.16. The molecule has 0 spiro atoms. The van der Waals surface area contributed by atoms with E-state index in [4.69, 9.17) is 4.74 Å². The maximum absolute atomic E-state index is 9.80. The molecular weight excluding hydrogens is 262 g/mol. The summed E-state index contributed by atoms with van der Waals surface area (Å²) in [5.74, 6) is 0.769. The van der Waals surface area contributed by atoms with Crippen molar-refractivity contribution in [3.8, 4) is 11.5 Å². The molecule has 1 N–H and O–H groups in total. The lowest BCUT2D eigenvalue weighted by Crippen LogP contribution is -2.28. The van der Waals surface area contributed by atoms with Crippen LogP contribution in [0.25, 0.3) is 0 Å². The highest BCUT2D eigenvalue weighted by atomic mass is 16.5. The Morgan fingerprint density at radius 1 is 1.24 bits per heavy atom. The van der Waals surface area contributed by atoms with Crippen LogP contribution in [0.15, 0.2) is 42.5 Å². The van der Waals surface area contributed by atoms with Gasteiger partial charge in [0, 0.05) is 18.3 Å². The zero-order valence-electron chi connectivity index (χ0n) is 12.5. The molecule has 1 unspecified atom stereocenters. The molecule has 1 atom stereocenters. The molecule has 3 rings (SSSR count). The van der Waals surface area contributed by atoms with Crippen LogP contribution >= 0.6 is 0 Å². The number of fused-ring (bicyclic) bond motifs is 1. The lowest BCUT2D eigenvalue weighted by Gasteiger charge is -2.25. The Morgan fingerprint density at radius 3 is 2.86 bits per heavy atom. The van der Waals surface area contributed by atoms with Gasteiger partial charge in [0.25, 0.3) is 0 Å². The minimum absolute atomic E-state index is 0.204. The van der Waals surface area contributed by atoms with E-state index in [0.717, 1.165) is 18.5 Å². The van der Waals surface area contributed by atoms with E-state index in [0.29, 0.717) is 18.4 Å². The average Bonchev–Trinajstić information content (AvgIpc) is 2.79. The van der Waals surface area contributed by atoms with Gasteiger partial charge in [-0.05, 0) is 49.6 Å². The Bertz CT molecular complexity index is 639. The number of nitrogens with zero attached hydrogens (tertiary/aromatic N) is 1. The average molecular weight is 283 g/mol. The predicted molar refractivity (Wildman–Crippen MR) is 85.1 cm³/mol. The number of hydrogen-bond donors (Lipinski definition) is 1. The fourth-order valence-electron chi connectivity index (χ4n) is 3.00. The number of phenols is 1. The molecule has 3 nitrogen and oxygen atoms in total. The number of ether oxygens (including phenoxy) is 1. The number of aromatic hydroxyl groups is 1. The lowest BCUT2D eigenvalue weighted by atomic mass is 10.1. The van der Waals surface area contributed by atoms with Crippen LogP contribution in [0.2, 0.25) is 0 Å². The second-order valence-corrected chi connectivity index (χ2v) is 5.54. The van der Waals surface area contributed by atoms with Crippen molar-refractivity contribution in [3.63, 3.8) is 0 Å². The van der Waals surface area contributed by atoms with Crippen molar-refractivity contribution in [2.75, 3.05) is 11.5 Å². The first-order chi connectivity index (χ1) is 10.2. The summed E-state index contributed by atoms with van der Waals surface area (Å²) >= 11 is 0. The van der Waals surface area contributed by atoms with Crippen LogP contribution in [0.5, 0.6) is 11.5 Å². The van der Waals surface area contributed by atoms with Gasteiger partial charge in [-0.2, -0.15) is 0 Å². The van der Waals surface area contributed by atoms with E-state index < -0.39 is 0 Å². The molecule has 1 aliphatic heterocycles. The minimum atomic E-state index is 0.204. The third kappa shape index (κ3) is 2.68. The predicted octanol–water partition coefficient (Wildman–Crippen LogP) is 3.74. The van der Waals surface area contributed by atoms with Gasteiger partial charge in [-0.1, -0.05) is 24.3 Å². The Kier molecular flexibility index (Phi) is 3.74. The van der Waals surface area contributed by atoms with E-state index in [1.54, 1.807) is 6.07 Å². The standard InChI is InChI=1S/C18H21NO2/c1-3-21-18-11-14(8-9-17(18)20)12-19-13(2)10-15-6-4-5-7-16(15)19/h4-9,11,13,20H,3,10,12H2,1-2H3. The normalized spacial score (nSPS) is 16.9. The third-order valence-electron chi connectivity index (χ3n) is 4.03. The molecule has 110 valence electrons. The van der Waals surface area contributed by atoms with E-state index in [9.17, 15) is 5.11 Å². The van der Waals surface area contributed by atoms with E-state index >= 15 is 0 Å². The van der Waals surface area contributed by atoms with Crippen LogP contribution in [-0.2, 0) is 13.0 Å². The van der Waals surface area contributed by atoms with Gasteiger partial charge in [0.15, 0.2) is 11.5 Å². The Balaban J connectivity index is 1.85. The molecule has 0 saturated carbocycles. The molecule has 2 aromatic carbocycles. The Morgan fingerprint density at radius 2 is 2.05 bits per heavy atom. The molecule has 1 aliphatic rings. The molecule has 0 amide bonds. The van der Waals surface area contributed by atoms with Crippen molar-refractivity contribution < 1.29 is 9.84 Å². The number of para-hydroxylation sites is 1. The van der Waals surface area contributed by atoms with E-state index in [1.165, 1.54) is 11.3 Å². The second kappa shape index (κ2) is 5.68. The molecule has 0 radical (unpaired) electrons. The van der Waals surface area contributed by atoms with Gasteiger partial charge in [0.05, 0.1) is 6.61 Å². The zero-order valence-corrected chi connectivity index (χ0v) is 12.5. The van der Waals surface area contributed by atoms with Gasteiger partial charge in [-0.25, -0.2) is 0 Å². The van der Waals surface area contributed by atoms with Gasteiger partial charge >= 0.3 is 0 Å². The number of phenolic OH excluding ortho intramolecular Hbond substituents is 1. The largest absolute Gasteiger partial charge is 0.504 e. The van der Waals surface area contributed by atoms with Gasteiger partial charge in [-0.3, -0.25) is 0 Å². The maximum Gasteiger partial charge on any atom is 0.161 e. The first kappa shape index (κ1) is 13.8. The molecule has 1 heterocycles. The van der Waals surface area contributed by atoms with Gasteiger partial charge in [-0.15, -0.1) is 0 Å². The summed E-state index contributed by atoms with van der Waals surface area (Å²) in [5, 5.41) is 9.80. The summed E-state index contributed by atoms with van der Waals surface area (Å²) in [6.45, 7) is 5.56. The molecule has 0 saturated heterocycles. The summed E-state index contributed by atoms with van der Waals surface area (Å²) in [6, 6.07) is 14.7. The molecule has 0 aliphatic carbocycles. The topological polar surface area (TPSA) is 32.7 Å². The highest BCUT2D eigenvalue weighted by Crippen LogP contribution is 2.34. The third-order valence-corrected chi connectivity index (χ3v) is 4.03. The molecule has 0 bridgehead atoms. The van der Waals surface area contributed by atoms with Crippen molar-refractivity contribution in [2.24, 2.45) is 0 Å². The summed E-state index contributed by atoms with van der Waals surface area (Å²) < 4.78 is 5.47. The van der Waals surface area contributed by atoms with Crippen molar-refractivity contribution >= 4 is 5.69 Å². The molecule has 2 aromatic rings. The van der Waals surface area contributed by atoms with Gasteiger partial charge in [0.1, 0.15) is 0 Å². The summed E-state index contributed by atoms with van der Waals surface area (Å²) in [6.07, 6.45) is 1.09. The van der Waals surface area contributed by atoms with Crippen LogP contribution in [-0.4, -0.2) is 17.8 Å². The molecular formula is C18H21NO2. The number of rotatable bonds is 4. The molecule has 0 aromatic heterocycles. The smallest absolute Gasteiger partial charge is 0.161 e. The fraction of sp³-hybridized carbons (Fsp3) is 0.333. The summed E-state index contributed by atoms with van der Waals surface area (Å²) in [4.78, 5) is 2.41. The quantitative estimate of drug-likeness (QED) is 0.927. The van der Waals surface area contributed by atoms with Crippen molar-refractivity contribution in [3.05, 3.63) is 53.6 Å². The summed E-state index contributed by atoms with van der Waals surface area (Å²) in [5.41, 5.74) is 3.88. The molecule has 3 heteroatoms. The zero-order chi connectivity index (χ0) is 14.8. The van der Waals surface area contributed by atoms with E-state index in [1.807, 2.05) is 19.1 Å². The van der Waals surface area contributed by atoms with Crippen LogP contribution < -0.4 is 9.64 Å². The Labute approximate surface area is 125 Å². The van der Waals surface area contributed by atoms with Crippen LogP contribution in [0.3, 0.4) is 0 Å². The first-order valence-corrected chi connectivity index (χ1v) is 7.48. The molecule has 21 heavy (non-hydrogen) atoms. The SMILES string of the molecule is CCOc1cc(CN2c3ccccc3CC2C)ccc1O. The van der Waals surface area contributed by atoms with Crippen molar-refractivity contribution in [2.45, 2.75) is 32.9 Å². The van der Waals surface area contributed by atoms with Crippen LogP contribution in [0.1, 0.15) is 25.0 Å². The lowest BCUT2D eigenvalue weighted by molar-refractivity contribution is 0.317. The number of anilines is 1.